The van der Waals surface area contributed by atoms with Crippen molar-refractivity contribution in [2.24, 2.45) is 11.8 Å². The van der Waals surface area contributed by atoms with Crippen LogP contribution in [0.1, 0.15) is 17.5 Å². The molecule has 1 aliphatic rings. The van der Waals surface area contributed by atoms with Crippen LogP contribution in [0.5, 0.6) is 0 Å². The van der Waals surface area contributed by atoms with Crippen molar-refractivity contribution in [2.45, 2.75) is 19.1 Å². The van der Waals surface area contributed by atoms with Gasteiger partial charge in [-0.05, 0) is 24.1 Å². The lowest BCUT2D eigenvalue weighted by atomic mass is 10.1. The average molecular weight is 287 g/mol. The lowest BCUT2D eigenvalue weighted by molar-refractivity contribution is -0.140. The molecule has 2 rings (SSSR count). The highest BCUT2D eigenvalue weighted by Crippen LogP contribution is 2.38. The van der Waals surface area contributed by atoms with Gasteiger partial charge in [-0.2, -0.15) is 13.2 Å². The number of carboxylic acids is 1. The van der Waals surface area contributed by atoms with Gasteiger partial charge in [0.2, 0.25) is 5.91 Å². The molecule has 1 aromatic rings. The molecule has 0 saturated heterocycles. The third kappa shape index (κ3) is 3.28. The van der Waals surface area contributed by atoms with Gasteiger partial charge in [-0.3, -0.25) is 9.59 Å². The molecule has 1 amide bonds. The average Bonchev–Trinajstić information content (AvgIpc) is 3.15. The van der Waals surface area contributed by atoms with Crippen molar-refractivity contribution < 1.29 is 27.9 Å². The summed E-state index contributed by atoms with van der Waals surface area (Å²) in [4.78, 5) is 22.2. The van der Waals surface area contributed by atoms with Crippen LogP contribution in [0, 0.1) is 11.8 Å². The standard InChI is InChI=1S/C13H12F3NO3/c14-13(15,16)8-3-1-2-7(4-8)6-17-11(18)9-5-10(9)12(19)20/h1-4,9-10H,5-6H2,(H,17,18)(H,19,20)/t9-,10+/m1/s1. The second-order valence-corrected chi connectivity index (χ2v) is 4.70. The molecule has 4 nitrogen and oxygen atoms in total. The number of carboxylic acid groups (broad SMARTS) is 1. The Morgan fingerprint density at radius 3 is 2.55 bits per heavy atom. The molecular formula is C13H12F3NO3. The summed E-state index contributed by atoms with van der Waals surface area (Å²) in [7, 11) is 0. The molecule has 0 unspecified atom stereocenters. The summed E-state index contributed by atoms with van der Waals surface area (Å²) in [5.41, 5.74) is -0.459. The van der Waals surface area contributed by atoms with Crippen LogP contribution in [0.25, 0.3) is 0 Å². The van der Waals surface area contributed by atoms with E-state index in [-0.39, 0.29) is 13.0 Å². The number of amides is 1. The molecule has 1 saturated carbocycles. The molecule has 1 fully saturated rings. The number of aliphatic carboxylic acids is 1. The molecule has 2 atom stereocenters. The SMILES string of the molecule is O=C(O)[C@H]1C[C@H]1C(=O)NCc1cccc(C(F)(F)F)c1. The van der Waals surface area contributed by atoms with Crippen molar-refractivity contribution in [3.05, 3.63) is 35.4 Å². The van der Waals surface area contributed by atoms with Gasteiger partial charge in [-0.15, -0.1) is 0 Å². The molecule has 0 spiro atoms. The first-order valence-electron chi connectivity index (χ1n) is 5.95. The Bertz CT molecular complexity index is 542. The first-order valence-corrected chi connectivity index (χ1v) is 5.95. The van der Waals surface area contributed by atoms with E-state index in [2.05, 4.69) is 5.32 Å². The maximum absolute atomic E-state index is 12.5. The number of alkyl halides is 3. The van der Waals surface area contributed by atoms with Gasteiger partial charge in [0.15, 0.2) is 0 Å². The zero-order chi connectivity index (χ0) is 14.9. The predicted molar refractivity (Wildman–Crippen MR) is 62.5 cm³/mol. The van der Waals surface area contributed by atoms with Crippen molar-refractivity contribution >= 4 is 11.9 Å². The van der Waals surface area contributed by atoms with E-state index in [0.29, 0.717) is 5.56 Å². The lowest BCUT2D eigenvalue weighted by Crippen LogP contribution is -2.26. The normalized spacial score (nSPS) is 21.4. The van der Waals surface area contributed by atoms with Gasteiger partial charge in [0.25, 0.3) is 0 Å². The second-order valence-electron chi connectivity index (χ2n) is 4.70. The first-order chi connectivity index (χ1) is 9.29. The highest BCUT2D eigenvalue weighted by Gasteiger charge is 2.48. The van der Waals surface area contributed by atoms with Gasteiger partial charge in [0.05, 0.1) is 17.4 Å². The number of rotatable bonds is 4. The number of hydrogen-bond donors (Lipinski definition) is 2. The van der Waals surface area contributed by atoms with E-state index in [1.54, 1.807) is 0 Å². The fourth-order valence-corrected chi connectivity index (χ4v) is 1.94. The van der Waals surface area contributed by atoms with E-state index in [4.69, 9.17) is 5.11 Å². The molecular weight excluding hydrogens is 275 g/mol. The summed E-state index contributed by atoms with van der Waals surface area (Å²) in [6.45, 7) is -0.0500. The van der Waals surface area contributed by atoms with Gasteiger partial charge in [0, 0.05) is 6.54 Å². The molecule has 1 aromatic carbocycles. The molecule has 0 bridgehead atoms. The smallest absolute Gasteiger partial charge is 0.416 e. The number of hydrogen-bond acceptors (Lipinski definition) is 2. The van der Waals surface area contributed by atoms with Crippen molar-refractivity contribution in [2.75, 3.05) is 0 Å². The molecule has 2 N–H and O–H groups in total. The molecule has 7 heteroatoms. The summed E-state index contributed by atoms with van der Waals surface area (Å²) in [6.07, 6.45) is -4.14. The van der Waals surface area contributed by atoms with Crippen LogP contribution in [0.15, 0.2) is 24.3 Å². The van der Waals surface area contributed by atoms with Gasteiger partial charge in [-0.25, -0.2) is 0 Å². The quantitative estimate of drug-likeness (QED) is 0.890. The zero-order valence-electron chi connectivity index (χ0n) is 10.3. The third-order valence-electron chi connectivity index (χ3n) is 3.17. The molecule has 108 valence electrons. The van der Waals surface area contributed by atoms with Crippen molar-refractivity contribution in [3.8, 4) is 0 Å². The van der Waals surface area contributed by atoms with Crippen LogP contribution < -0.4 is 5.32 Å². The van der Waals surface area contributed by atoms with Gasteiger partial charge >= 0.3 is 12.1 Å². The highest BCUT2D eigenvalue weighted by molar-refractivity contribution is 5.89. The Labute approximate surface area is 112 Å². The monoisotopic (exact) mass is 287 g/mol. The Kier molecular flexibility index (Phi) is 3.69. The van der Waals surface area contributed by atoms with Gasteiger partial charge in [-0.1, -0.05) is 12.1 Å². The minimum atomic E-state index is -4.43. The van der Waals surface area contributed by atoms with Crippen LogP contribution in [-0.2, 0) is 22.3 Å². The van der Waals surface area contributed by atoms with Crippen molar-refractivity contribution in [3.63, 3.8) is 0 Å². The topological polar surface area (TPSA) is 66.4 Å². The first kappa shape index (κ1) is 14.4. The summed E-state index contributed by atoms with van der Waals surface area (Å²) >= 11 is 0. The number of carbonyl (C=O) groups is 2. The van der Waals surface area contributed by atoms with Gasteiger partial charge in [0.1, 0.15) is 0 Å². The van der Waals surface area contributed by atoms with E-state index in [1.807, 2.05) is 0 Å². The molecule has 0 radical (unpaired) electrons. The van der Waals surface area contributed by atoms with Crippen LogP contribution in [0.4, 0.5) is 13.2 Å². The second kappa shape index (κ2) is 5.15. The molecule has 1 aliphatic carbocycles. The summed E-state index contributed by atoms with van der Waals surface area (Å²) in [5, 5.41) is 11.1. The number of benzene rings is 1. The predicted octanol–water partition coefficient (Wildman–Crippen LogP) is 2.04. The number of carbonyl (C=O) groups excluding carboxylic acids is 1. The largest absolute Gasteiger partial charge is 0.481 e. The minimum Gasteiger partial charge on any atom is -0.481 e. The van der Waals surface area contributed by atoms with Crippen molar-refractivity contribution in [1.82, 2.24) is 5.32 Å². The minimum absolute atomic E-state index is 0.0500. The van der Waals surface area contributed by atoms with E-state index in [1.165, 1.54) is 12.1 Å². The summed E-state index contributed by atoms with van der Waals surface area (Å²) in [6, 6.07) is 4.65. The number of nitrogens with one attached hydrogen (secondary N) is 1. The third-order valence-corrected chi connectivity index (χ3v) is 3.17. The fraction of sp³-hybridized carbons (Fsp3) is 0.385. The Morgan fingerprint density at radius 1 is 1.30 bits per heavy atom. The number of halogens is 3. The van der Waals surface area contributed by atoms with E-state index >= 15 is 0 Å². The summed E-state index contributed by atoms with van der Waals surface area (Å²) in [5.74, 6) is -2.70. The Balaban J connectivity index is 1.92. The Morgan fingerprint density at radius 2 is 2.00 bits per heavy atom. The van der Waals surface area contributed by atoms with Crippen LogP contribution in [-0.4, -0.2) is 17.0 Å². The highest BCUT2D eigenvalue weighted by atomic mass is 19.4. The molecule has 20 heavy (non-hydrogen) atoms. The summed E-state index contributed by atoms with van der Waals surface area (Å²) < 4.78 is 37.5. The molecule has 0 heterocycles. The Hall–Kier alpha value is -2.05. The van der Waals surface area contributed by atoms with Gasteiger partial charge < -0.3 is 10.4 Å². The van der Waals surface area contributed by atoms with Crippen LogP contribution in [0.3, 0.4) is 0 Å². The van der Waals surface area contributed by atoms with E-state index in [9.17, 15) is 22.8 Å². The van der Waals surface area contributed by atoms with Crippen molar-refractivity contribution in [1.29, 1.82) is 0 Å². The maximum atomic E-state index is 12.5. The van der Waals surface area contributed by atoms with Crippen LogP contribution in [0.2, 0.25) is 0 Å². The lowest BCUT2D eigenvalue weighted by Gasteiger charge is -2.09. The fourth-order valence-electron chi connectivity index (χ4n) is 1.94. The zero-order valence-corrected chi connectivity index (χ0v) is 10.3. The van der Waals surface area contributed by atoms with Crippen LogP contribution >= 0.6 is 0 Å². The maximum Gasteiger partial charge on any atom is 0.416 e. The van der Waals surface area contributed by atoms with E-state index < -0.39 is 35.5 Å². The molecule has 0 aromatic heterocycles. The van der Waals surface area contributed by atoms with E-state index in [0.717, 1.165) is 12.1 Å². The molecule has 0 aliphatic heterocycles.